The zero-order valence-electron chi connectivity index (χ0n) is 7.06. The number of halogens is 1. The Morgan fingerprint density at radius 3 is 2.50 bits per heavy atom. The van der Waals surface area contributed by atoms with E-state index in [4.69, 9.17) is 10.2 Å². The van der Waals surface area contributed by atoms with E-state index in [1.54, 1.807) is 6.92 Å². The second-order valence-corrected chi connectivity index (χ2v) is 2.79. The van der Waals surface area contributed by atoms with Gasteiger partial charge in [0.15, 0.2) is 11.6 Å². The predicted octanol–water partition coefficient (Wildman–Crippen LogP) is 1.64. The van der Waals surface area contributed by atoms with E-state index in [0.29, 0.717) is 16.7 Å². The fraction of sp³-hybridized carbons (Fsp3) is 0.333. The highest BCUT2D eigenvalue weighted by Gasteiger charge is 2.10. The Hall–Kier alpha value is -1.09. The number of phenols is 1. The molecule has 0 aliphatic heterocycles. The maximum absolute atomic E-state index is 13.0. The molecule has 0 spiro atoms. The van der Waals surface area contributed by atoms with Gasteiger partial charge in [-0.3, -0.25) is 0 Å². The van der Waals surface area contributed by atoms with Crippen LogP contribution in [0.2, 0.25) is 0 Å². The zero-order chi connectivity index (χ0) is 9.30. The lowest BCUT2D eigenvalue weighted by molar-refractivity contribution is 0.279. The van der Waals surface area contributed by atoms with Crippen LogP contribution in [0.4, 0.5) is 4.39 Å². The maximum atomic E-state index is 13.0. The van der Waals surface area contributed by atoms with Crippen molar-refractivity contribution in [3.05, 3.63) is 28.6 Å². The van der Waals surface area contributed by atoms with Crippen LogP contribution in [0.25, 0.3) is 0 Å². The fourth-order valence-corrected chi connectivity index (χ4v) is 1.22. The SMILES string of the molecule is Cc1cc(O)c(F)c(C)c1CO. The van der Waals surface area contributed by atoms with Crippen LogP contribution in [0.1, 0.15) is 16.7 Å². The van der Waals surface area contributed by atoms with Gasteiger partial charge in [-0.05, 0) is 36.6 Å². The number of aromatic hydroxyl groups is 1. The summed E-state index contributed by atoms with van der Waals surface area (Å²) in [5.41, 5.74) is 1.56. The molecule has 0 bridgehead atoms. The first kappa shape index (κ1) is 9.00. The summed E-state index contributed by atoms with van der Waals surface area (Å²) in [5, 5.41) is 17.9. The number of rotatable bonds is 1. The van der Waals surface area contributed by atoms with Gasteiger partial charge in [0.25, 0.3) is 0 Å². The van der Waals surface area contributed by atoms with Gasteiger partial charge >= 0.3 is 0 Å². The first-order valence-electron chi connectivity index (χ1n) is 3.66. The largest absolute Gasteiger partial charge is 0.505 e. The Balaban J connectivity index is 3.40. The summed E-state index contributed by atoms with van der Waals surface area (Å²) < 4.78 is 13.0. The third-order valence-electron chi connectivity index (χ3n) is 1.99. The molecule has 0 radical (unpaired) electrons. The van der Waals surface area contributed by atoms with Gasteiger partial charge in [-0.15, -0.1) is 0 Å². The Morgan fingerprint density at radius 2 is 2.00 bits per heavy atom. The Kier molecular flexibility index (Phi) is 2.33. The number of hydrogen-bond acceptors (Lipinski definition) is 2. The van der Waals surface area contributed by atoms with Crippen LogP contribution >= 0.6 is 0 Å². The first-order valence-corrected chi connectivity index (χ1v) is 3.66. The molecule has 3 heteroatoms. The summed E-state index contributed by atoms with van der Waals surface area (Å²) >= 11 is 0. The molecule has 1 rings (SSSR count). The number of aliphatic hydroxyl groups excluding tert-OH is 1. The second-order valence-electron chi connectivity index (χ2n) is 2.79. The molecule has 1 aromatic carbocycles. The Labute approximate surface area is 70.3 Å². The summed E-state index contributed by atoms with van der Waals surface area (Å²) in [6.07, 6.45) is 0. The number of hydrogen-bond donors (Lipinski definition) is 2. The molecule has 0 atom stereocenters. The van der Waals surface area contributed by atoms with E-state index in [1.807, 2.05) is 0 Å². The highest BCUT2D eigenvalue weighted by Crippen LogP contribution is 2.25. The molecule has 1 aromatic rings. The molecule has 2 nitrogen and oxygen atoms in total. The van der Waals surface area contributed by atoms with Gasteiger partial charge in [0.2, 0.25) is 0 Å². The third-order valence-corrected chi connectivity index (χ3v) is 1.99. The van der Waals surface area contributed by atoms with Crippen LogP contribution < -0.4 is 0 Å². The summed E-state index contributed by atoms with van der Waals surface area (Å²) in [6, 6.07) is 1.31. The van der Waals surface area contributed by atoms with E-state index in [9.17, 15) is 4.39 Å². The van der Waals surface area contributed by atoms with Crippen LogP contribution in [0.15, 0.2) is 6.07 Å². The lowest BCUT2D eigenvalue weighted by Crippen LogP contribution is -1.96. The summed E-state index contributed by atoms with van der Waals surface area (Å²) in [4.78, 5) is 0. The van der Waals surface area contributed by atoms with Crippen LogP contribution in [0.3, 0.4) is 0 Å². The minimum Gasteiger partial charge on any atom is -0.505 e. The van der Waals surface area contributed by atoms with Gasteiger partial charge in [-0.1, -0.05) is 0 Å². The highest BCUT2D eigenvalue weighted by molar-refractivity contribution is 5.41. The smallest absolute Gasteiger partial charge is 0.168 e. The molecule has 66 valence electrons. The molecule has 0 aliphatic carbocycles. The molecule has 0 unspecified atom stereocenters. The molecule has 12 heavy (non-hydrogen) atoms. The van der Waals surface area contributed by atoms with Gasteiger partial charge < -0.3 is 10.2 Å². The fourth-order valence-electron chi connectivity index (χ4n) is 1.22. The molecule has 0 saturated heterocycles. The van der Waals surface area contributed by atoms with Crippen molar-refractivity contribution in [1.82, 2.24) is 0 Å². The minimum atomic E-state index is -0.648. The monoisotopic (exact) mass is 170 g/mol. The van der Waals surface area contributed by atoms with Crippen LogP contribution in [0.5, 0.6) is 5.75 Å². The second kappa shape index (κ2) is 3.11. The molecule has 0 heterocycles. The van der Waals surface area contributed by atoms with Crippen molar-refractivity contribution < 1.29 is 14.6 Å². The highest BCUT2D eigenvalue weighted by atomic mass is 19.1. The average molecular weight is 170 g/mol. The van der Waals surface area contributed by atoms with Gasteiger partial charge in [-0.2, -0.15) is 0 Å². The van der Waals surface area contributed by atoms with Crippen molar-refractivity contribution in [2.45, 2.75) is 20.5 Å². The molecule has 0 amide bonds. The number of aryl methyl sites for hydroxylation is 1. The zero-order valence-corrected chi connectivity index (χ0v) is 7.06. The van der Waals surface area contributed by atoms with E-state index in [1.165, 1.54) is 13.0 Å². The van der Waals surface area contributed by atoms with Crippen LogP contribution in [-0.4, -0.2) is 10.2 Å². The molecule has 0 saturated carbocycles. The van der Waals surface area contributed by atoms with Crippen molar-refractivity contribution in [3.63, 3.8) is 0 Å². The lowest BCUT2D eigenvalue weighted by atomic mass is 10.0. The number of benzene rings is 1. The molecule has 2 N–H and O–H groups in total. The van der Waals surface area contributed by atoms with E-state index < -0.39 is 5.82 Å². The predicted molar refractivity (Wildman–Crippen MR) is 43.5 cm³/mol. The number of aliphatic hydroxyl groups is 1. The van der Waals surface area contributed by atoms with Gasteiger partial charge in [0, 0.05) is 0 Å². The first-order chi connectivity index (χ1) is 5.57. The molecular weight excluding hydrogens is 159 g/mol. The normalized spacial score (nSPS) is 10.3. The molecule has 0 aliphatic rings. The van der Waals surface area contributed by atoms with E-state index in [-0.39, 0.29) is 12.4 Å². The van der Waals surface area contributed by atoms with Crippen molar-refractivity contribution in [3.8, 4) is 5.75 Å². The minimum absolute atomic E-state index is 0.200. The molecule has 0 aromatic heterocycles. The topological polar surface area (TPSA) is 40.5 Å². The Bertz CT molecular complexity index is 308. The summed E-state index contributed by atoms with van der Waals surface area (Å²) in [7, 11) is 0. The number of phenolic OH excluding ortho intramolecular Hbond substituents is 1. The lowest BCUT2D eigenvalue weighted by Gasteiger charge is -2.08. The summed E-state index contributed by atoms with van der Waals surface area (Å²) in [6.45, 7) is 3.06. The van der Waals surface area contributed by atoms with Crippen molar-refractivity contribution in [2.75, 3.05) is 0 Å². The van der Waals surface area contributed by atoms with E-state index in [2.05, 4.69) is 0 Å². The van der Waals surface area contributed by atoms with Crippen molar-refractivity contribution >= 4 is 0 Å². The molecular formula is C9H11FO2. The van der Waals surface area contributed by atoms with Crippen LogP contribution in [0, 0.1) is 19.7 Å². The molecule has 0 fully saturated rings. The summed E-state index contributed by atoms with van der Waals surface area (Å²) in [5.74, 6) is -1.01. The van der Waals surface area contributed by atoms with E-state index >= 15 is 0 Å². The average Bonchev–Trinajstić information content (AvgIpc) is 2.01. The standard InChI is InChI=1S/C9H11FO2/c1-5-3-8(12)9(10)6(2)7(5)4-11/h3,11-12H,4H2,1-2H3. The van der Waals surface area contributed by atoms with Gasteiger partial charge in [0.1, 0.15) is 0 Å². The maximum Gasteiger partial charge on any atom is 0.168 e. The van der Waals surface area contributed by atoms with Crippen molar-refractivity contribution in [1.29, 1.82) is 0 Å². The van der Waals surface area contributed by atoms with Gasteiger partial charge in [-0.25, -0.2) is 4.39 Å². The quantitative estimate of drug-likeness (QED) is 0.672. The van der Waals surface area contributed by atoms with Gasteiger partial charge in [0.05, 0.1) is 6.61 Å². The van der Waals surface area contributed by atoms with Crippen molar-refractivity contribution in [2.24, 2.45) is 0 Å². The van der Waals surface area contributed by atoms with Crippen LogP contribution in [-0.2, 0) is 6.61 Å². The van der Waals surface area contributed by atoms with E-state index in [0.717, 1.165) is 0 Å². The Morgan fingerprint density at radius 1 is 1.42 bits per heavy atom. The third kappa shape index (κ3) is 1.28.